The number of fused-ring (bicyclic) bond motifs is 5. The molecule has 4 aliphatic carbocycles. The Balaban J connectivity index is 1.46. The van der Waals surface area contributed by atoms with E-state index in [9.17, 15) is 14.7 Å². The van der Waals surface area contributed by atoms with Gasteiger partial charge in [-0.25, -0.2) is 4.79 Å². The van der Waals surface area contributed by atoms with Gasteiger partial charge in [-0.2, -0.15) is 0 Å². The monoisotopic (exact) mass is 616 g/mol. The topological polar surface area (TPSA) is 78.4 Å². The summed E-state index contributed by atoms with van der Waals surface area (Å²) in [6, 6.07) is 7.57. The van der Waals surface area contributed by atoms with E-state index in [1.54, 1.807) is 19.1 Å². The first kappa shape index (κ1) is 33.9. The number of hydrogen-bond acceptors (Lipinski definition) is 3. The normalized spacial score (nSPS) is 38.6. The molecule has 1 aromatic carbocycles. The average Bonchev–Trinajstić information content (AvgIpc) is 2.96. The van der Waals surface area contributed by atoms with Gasteiger partial charge in [-0.1, -0.05) is 65.3 Å². The van der Waals surface area contributed by atoms with Gasteiger partial charge in [-0.15, -0.1) is 6.58 Å². The molecule has 3 saturated carbocycles. The molecule has 0 bridgehead atoms. The second kappa shape index (κ2) is 12.0. The van der Waals surface area contributed by atoms with Crippen molar-refractivity contribution in [3.05, 3.63) is 53.6 Å². The molecule has 1 amide bonds. The van der Waals surface area contributed by atoms with Crippen molar-refractivity contribution in [3.63, 3.8) is 0 Å². The van der Waals surface area contributed by atoms with Gasteiger partial charge >= 0.3 is 5.97 Å². The Morgan fingerprint density at radius 2 is 1.60 bits per heavy atom. The highest BCUT2D eigenvalue weighted by atomic mass is 16.4. The number of carbonyl (C=O) groups excluding carboxylic acids is 1. The Bertz CT molecular complexity index is 1350. The number of rotatable bonds is 9. The predicted octanol–water partition coefficient (Wildman–Crippen LogP) is 8.90. The van der Waals surface area contributed by atoms with Gasteiger partial charge in [0.2, 0.25) is 5.91 Å². The quantitative estimate of drug-likeness (QED) is 0.191. The first-order valence-electron chi connectivity index (χ1n) is 17.7. The van der Waals surface area contributed by atoms with Crippen molar-refractivity contribution < 1.29 is 14.7 Å². The maximum Gasteiger partial charge on any atom is 0.335 e. The molecule has 0 saturated heterocycles. The number of carbonyl (C=O) groups is 2. The fourth-order valence-corrected chi connectivity index (χ4v) is 12.1. The maximum absolute atomic E-state index is 11.6. The maximum atomic E-state index is 11.6. The number of allylic oxidation sites excluding steroid dienone is 3. The van der Waals surface area contributed by atoms with Crippen LogP contribution in [0.1, 0.15) is 129 Å². The number of aromatic carboxylic acids is 1. The zero-order chi connectivity index (χ0) is 33.0. The Morgan fingerprint density at radius 1 is 0.911 bits per heavy atom. The summed E-state index contributed by atoms with van der Waals surface area (Å²) in [5, 5.41) is 16.5. The van der Waals surface area contributed by atoms with Gasteiger partial charge in [-0.3, -0.25) is 4.79 Å². The van der Waals surface area contributed by atoms with Crippen molar-refractivity contribution in [2.45, 2.75) is 119 Å². The van der Waals surface area contributed by atoms with Crippen molar-refractivity contribution in [3.8, 4) is 0 Å². The molecule has 248 valence electrons. The zero-order valence-electron chi connectivity index (χ0n) is 29.4. The van der Waals surface area contributed by atoms with Crippen LogP contribution in [0.3, 0.4) is 0 Å². The van der Waals surface area contributed by atoms with Crippen molar-refractivity contribution in [2.75, 3.05) is 13.1 Å². The molecule has 8 atom stereocenters. The largest absolute Gasteiger partial charge is 0.478 e. The number of hydrogen-bond donors (Lipinski definition) is 3. The highest BCUT2D eigenvalue weighted by molar-refractivity contribution is 5.88. The molecule has 0 aromatic heterocycles. The number of benzene rings is 1. The summed E-state index contributed by atoms with van der Waals surface area (Å²) in [6.45, 7) is 25.0. The van der Waals surface area contributed by atoms with Crippen LogP contribution in [-0.2, 0) is 4.79 Å². The average molecular weight is 617 g/mol. The Hall–Kier alpha value is -2.40. The van der Waals surface area contributed by atoms with E-state index in [0.29, 0.717) is 35.8 Å². The molecule has 3 fully saturated rings. The van der Waals surface area contributed by atoms with Gasteiger partial charge in [-0.05, 0) is 133 Å². The van der Waals surface area contributed by atoms with Crippen LogP contribution < -0.4 is 10.6 Å². The molecule has 0 radical (unpaired) electrons. The van der Waals surface area contributed by atoms with E-state index in [1.165, 1.54) is 55.2 Å². The standard InChI is InChI=1S/C40H60N2O3/c1-10-40(42-24-23-41-27(4)43)22-21-38(8)31(32(40)25-26(2)3)15-16-34-37(7)19-17-30(28-11-13-29(14-12-28)35(44)45)36(5,6)33(37)18-20-39(34,38)9/h11-14,17,31-34,42H,2,10,15-16,18-25H2,1,3-9H3,(H,41,43)(H,44,45). The van der Waals surface area contributed by atoms with E-state index in [4.69, 9.17) is 0 Å². The fraction of sp³-hybridized carbons (Fsp3) is 0.700. The van der Waals surface area contributed by atoms with Crippen LogP contribution in [0.5, 0.6) is 0 Å². The van der Waals surface area contributed by atoms with Crippen LogP contribution in [0.15, 0.2) is 42.5 Å². The lowest BCUT2D eigenvalue weighted by Gasteiger charge is -2.72. The van der Waals surface area contributed by atoms with E-state index in [0.717, 1.165) is 25.8 Å². The van der Waals surface area contributed by atoms with Gasteiger partial charge in [0.15, 0.2) is 0 Å². The zero-order valence-corrected chi connectivity index (χ0v) is 29.4. The van der Waals surface area contributed by atoms with Crippen LogP contribution in [0.2, 0.25) is 0 Å². The molecular formula is C40H60N2O3. The van der Waals surface area contributed by atoms with Crippen molar-refractivity contribution >= 4 is 17.4 Å². The van der Waals surface area contributed by atoms with Crippen LogP contribution in [0, 0.1) is 45.3 Å². The fourth-order valence-electron chi connectivity index (χ4n) is 12.1. The van der Waals surface area contributed by atoms with E-state index < -0.39 is 5.97 Å². The lowest BCUT2D eigenvalue weighted by Crippen LogP contribution is -2.68. The van der Waals surface area contributed by atoms with Crippen LogP contribution in [0.25, 0.3) is 5.57 Å². The van der Waals surface area contributed by atoms with Gasteiger partial charge in [0, 0.05) is 25.6 Å². The molecule has 45 heavy (non-hydrogen) atoms. The summed E-state index contributed by atoms with van der Waals surface area (Å²) in [4.78, 5) is 23.1. The van der Waals surface area contributed by atoms with Gasteiger partial charge in [0.25, 0.3) is 0 Å². The van der Waals surface area contributed by atoms with E-state index in [1.807, 2.05) is 12.1 Å². The molecule has 0 spiro atoms. The number of carboxylic acids is 1. The molecule has 5 rings (SSSR count). The molecule has 5 nitrogen and oxygen atoms in total. The molecule has 1 aromatic rings. The molecule has 3 N–H and O–H groups in total. The third kappa shape index (κ3) is 5.43. The third-order valence-corrected chi connectivity index (χ3v) is 14.4. The molecule has 8 unspecified atom stereocenters. The summed E-state index contributed by atoms with van der Waals surface area (Å²) in [5.74, 6) is 1.62. The first-order chi connectivity index (χ1) is 21.1. The molecular weight excluding hydrogens is 556 g/mol. The van der Waals surface area contributed by atoms with Crippen molar-refractivity contribution in [2.24, 2.45) is 45.3 Å². The minimum absolute atomic E-state index is 0.0149. The van der Waals surface area contributed by atoms with Crippen LogP contribution in [-0.4, -0.2) is 35.6 Å². The Morgan fingerprint density at radius 3 is 2.20 bits per heavy atom. The van der Waals surface area contributed by atoms with E-state index in [-0.39, 0.29) is 33.1 Å². The molecule has 5 heteroatoms. The minimum Gasteiger partial charge on any atom is -0.478 e. The smallest absolute Gasteiger partial charge is 0.335 e. The number of nitrogens with one attached hydrogen (secondary N) is 2. The molecule has 0 heterocycles. The van der Waals surface area contributed by atoms with Crippen LogP contribution >= 0.6 is 0 Å². The Labute approximate surface area is 273 Å². The lowest BCUT2D eigenvalue weighted by atomic mass is 9.32. The van der Waals surface area contributed by atoms with E-state index >= 15 is 0 Å². The van der Waals surface area contributed by atoms with Gasteiger partial charge < -0.3 is 15.7 Å². The summed E-state index contributed by atoms with van der Waals surface area (Å²) < 4.78 is 0. The lowest BCUT2D eigenvalue weighted by molar-refractivity contribution is -0.219. The second-order valence-electron chi connectivity index (χ2n) is 16.8. The highest BCUT2D eigenvalue weighted by Gasteiger charge is 2.68. The van der Waals surface area contributed by atoms with Crippen molar-refractivity contribution in [1.82, 2.24) is 10.6 Å². The Kier molecular flexibility index (Phi) is 9.05. The number of carboxylic acid groups (broad SMARTS) is 1. The second-order valence-corrected chi connectivity index (χ2v) is 16.8. The highest BCUT2D eigenvalue weighted by Crippen LogP contribution is 2.75. The minimum atomic E-state index is -0.869. The first-order valence-corrected chi connectivity index (χ1v) is 17.7. The van der Waals surface area contributed by atoms with Crippen molar-refractivity contribution in [1.29, 1.82) is 0 Å². The predicted molar refractivity (Wildman–Crippen MR) is 185 cm³/mol. The van der Waals surface area contributed by atoms with Gasteiger partial charge in [0.05, 0.1) is 5.56 Å². The molecule has 4 aliphatic rings. The number of amides is 1. The SMILES string of the molecule is C=C(C)CC1C2CCC3C4(C)CC=C(c5ccc(C(=O)O)cc5)C(C)(C)C4CCC3(C)C2(C)CCC1(CC)NCCNC(C)=O. The molecule has 0 aliphatic heterocycles. The summed E-state index contributed by atoms with van der Waals surface area (Å²) >= 11 is 0. The van der Waals surface area contributed by atoms with Gasteiger partial charge in [0.1, 0.15) is 0 Å². The third-order valence-electron chi connectivity index (χ3n) is 14.4. The summed E-state index contributed by atoms with van der Waals surface area (Å²) in [7, 11) is 0. The van der Waals surface area contributed by atoms with Crippen LogP contribution in [0.4, 0.5) is 0 Å². The summed E-state index contributed by atoms with van der Waals surface area (Å²) in [5.41, 5.74) is 5.07. The van der Waals surface area contributed by atoms with E-state index in [2.05, 4.69) is 71.8 Å². The summed E-state index contributed by atoms with van der Waals surface area (Å²) in [6.07, 6.45) is 13.3.